The van der Waals surface area contributed by atoms with E-state index >= 15 is 0 Å². The van der Waals surface area contributed by atoms with Gasteiger partial charge in [-0.25, -0.2) is 0 Å². The summed E-state index contributed by atoms with van der Waals surface area (Å²) in [5.41, 5.74) is 1.86. The maximum absolute atomic E-state index is 3.65. The highest BCUT2D eigenvalue weighted by atomic mass is 32.1. The lowest BCUT2D eigenvalue weighted by atomic mass is 9.90. The fourth-order valence-corrected chi connectivity index (χ4v) is 2.77. The molecule has 2 heteroatoms. The summed E-state index contributed by atoms with van der Waals surface area (Å²) < 4.78 is 0. The molecule has 1 atom stereocenters. The molecule has 0 aliphatic rings. The minimum absolute atomic E-state index is 0.396. The van der Waals surface area contributed by atoms with Crippen LogP contribution in [0.3, 0.4) is 0 Å². The van der Waals surface area contributed by atoms with Crippen molar-refractivity contribution in [1.29, 1.82) is 0 Å². The summed E-state index contributed by atoms with van der Waals surface area (Å²) in [4.78, 5) is 2.86. The van der Waals surface area contributed by atoms with Gasteiger partial charge in [0.25, 0.3) is 0 Å². The first-order chi connectivity index (χ1) is 7.35. The van der Waals surface area contributed by atoms with Crippen molar-refractivity contribution in [3.8, 4) is 0 Å². The molecule has 92 valence electrons. The van der Waals surface area contributed by atoms with Crippen molar-refractivity contribution in [2.24, 2.45) is 5.41 Å². The highest BCUT2D eigenvalue weighted by Crippen LogP contribution is 2.27. The summed E-state index contributed by atoms with van der Waals surface area (Å²) in [5, 5.41) is 3.65. The second kappa shape index (κ2) is 5.33. The first-order valence-corrected chi connectivity index (χ1v) is 6.97. The average molecular weight is 239 g/mol. The van der Waals surface area contributed by atoms with Crippen molar-refractivity contribution in [2.75, 3.05) is 6.54 Å². The van der Waals surface area contributed by atoms with E-state index in [0.717, 1.165) is 6.54 Å². The summed E-state index contributed by atoms with van der Waals surface area (Å²) in [7, 11) is 0. The zero-order valence-corrected chi connectivity index (χ0v) is 12.3. The average Bonchev–Trinajstić information content (AvgIpc) is 2.54. The quantitative estimate of drug-likeness (QED) is 0.800. The van der Waals surface area contributed by atoms with Crippen molar-refractivity contribution in [2.45, 2.75) is 54.0 Å². The number of nitrogens with one attached hydrogen (secondary N) is 1. The molecule has 0 aliphatic carbocycles. The Morgan fingerprint density at radius 1 is 1.38 bits per heavy atom. The summed E-state index contributed by atoms with van der Waals surface area (Å²) in [5.74, 6) is 0. The molecule has 0 saturated carbocycles. The SMILES string of the molecule is CCC(C)(C)CNC(C)c1cc(C)sc1C. The maximum atomic E-state index is 3.65. The fraction of sp³-hybridized carbons (Fsp3) is 0.714. The minimum Gasteiger partial charge on any atom is -0.310 e. The Labute approximate surface area is 104 Å². The van der Waals surface area contributed by atoms with Gasteiger partial charge in [-0.2, -0.15) is 0 Å². The molecule has 0 spiro atoms. The smallest absolute Gasteiger partial charge is 0.0303 e. The molecule has 0 aliphatic heterocycles. The third-order valence-electron chi connectivity index (χ3n) is 3.39. The molecule has 0 fully saturated rings. The van der Waals surface area contributed by atoms with Gasteiger partial charge in [0.1, 0.15) is 0 Å². The first kappa shape index (κ1) is 13.7. The number of thiophene rings is 1. The van der Waals surface area contributed by atoms with E-state index < -0.39 is 0 Å². The highest BCUT2D eigenvalue weighted by molar-refractivity contribution is 7.12. The molecular formula is C14H25NS. The second-order valence-electron chi connectivity index (χ2n) is 5.49. The third kappa shape index (κ3) is 3.60. The molecule has 1 N–H and O–H groups in total. The van der Waals surface area contributed by atoms with Crippen LogP contribution in [0.1, 0.15) is 55.5 Å². The van der Waals surface area contributed by atoms with Crippen LogP contribution in [-0.2, 0) is 0 Å². The Kier molecular flexibility index (Phi) is 4.57. The van der Waals surface area contributed by atoms with Crippen molar-refractivity contribution < 1.29 is 0 Å². The number of rotatable bonds is 5. The molecule has 1 aromatic heterocycles. The van der Waals surface area contributed by atoms with Gasteiger partial charge in [0.15, 0.2) is 0 Å². The lowest BCUT2D eigenvalue weighted by Gasteiger charge is -2.25. The number of hydrogen-bond acceptors (Lipinski definition) is 2. The lowest BCUT2D eigenvalue weighted by Crippen LogP contribution is -2.30. The van der Waals surface area contributed by atoms with Crippen molar-refractivity contribution >= 4 is 11.3 Å². The van der Waals surface area contributed by atoms with E-state index in [2.05, 4.69) is 52.9 Å². The molecule has 1 heterocycles. The number of hydrogen-bond donors (Lipinski definition) is 1. The van der Waals surface area contributed by atoms with Crippen LogP contribution in [-0.4, -0.2) is 6.54 Å². The molecule has 0 radical (unpaired) electrons. The summed E-state index contributed by atoms with van der Waals surface area (Å²) >= 11 is 1.90. The Hall–Kier alpha value is -0.340. The van der Waals surface area contributed by atoms with Gasteiger partial charge in [-0.1, -0.05) is 20.8 Å². The Balaban J connectivity index is 2.59. The van der Waals surface area contributed by atoms with Crippen LogP contribution in [0, 0.1) is 19.3 Å². The summed E-state index contributed by atoms with van der Waals surface area (Å²) in [6, 6.07) is 2.78. The van der Waals surface area contributed by atoms with Gasteiger partial charge in [-0.3, -0.25) is 0 Å². The predicted molar refractivity (Wildman–Crippen MR) is 74.3 cm³/mol. The molecule has 1 nitrogen and oxygen atoms in total. The van der Waals surface area contributed by atoms with Gasteiger partial charge in [-0.15, -0.1) is 11.3 Å². The van der Waals surface area contributed by atoms with E-state index in [9.17, 15) is 0 Å². The monoisotopic (exact) mass is 239 g/mol. The summed E-state index contributed by atoms with van der Waals surface area (Å²) in [6.45, 7) is 14.6. The van der Waals surface area contributed by atoms with E-state index in [1.807, 2.05) is 11.3 Å². The maximum Gasteiger partial charge on any atom is 0.0303 e. The Bertz CT molecular complexity index is 339. The molecule has 0 bridgehead atoms. The largest absolute Gasteiger partial charge is 0.310 e. The first-order valence-electron chi connectivity index (χ1n) is 6.16. The molecular weight excluding hydrogens is 214 g/mol. The van der Waals surface area contributed by atoms with E-state index in [0.29, 0.717) is 11.5 Å². The van der Waals surface area contributed by atoms with Crippen LogP contribution in [0.5, 0.6) is 0 Å². The van der Waals surface area contributed by atoms with E-state index in [1.165, 1.54) is 21.7 Å². The van der Waals surface area contributed by atoms with Crippen LogP contribution in [0.4, 0.5) is 0 Å². The van der Waals surface area contributed by atoms with E-state index in [-0.39, 0.29) is 0 Å². The van der Waals surface area contributed by atoms with Crippen LogP contribution in [0.25, 0.3) is 0 Å². The molecule has 1 unspecified atom stereocenters. The van der Waals surface area contributed by atoms with Crippen molar-refractivity contribution in [1.82, 2.24) is 5.32 Å². The van der Waals surface area contributed by atoms with Gasteiger partial charge >= 0.3 is 0 Å². The number of aryl methyl sites for hydroxylation is 2. The molecule has 0 amide bonds. The van der Waals surface area contributed by atoms with Crippen LogP contribution >= 0.6 is 11.3 Å². The molecule has 16 heavy (non-hydrogen) atoms. The van der Waals surface area contributed by atoms with Crippen LogP contribution in [0.15, 0.2) is 6.07 Å². The zero-order chi connectivity index (χ0) is 12.3. The highest BCUT2D eigenvalue weighted by Gasteiger charge is 2.17. The van der Waals surface area contributed by atoms with Crippen LogP contribution in [0.2, 0.25) is 0 Å². The van der Waals surface area contributed by atoms with E-state index in [4.69, 9.17) is 0 Å². The third-order valence-corrected chi connectivity index (χ3v) is 4.37. The van der Waals surface area contributed by atoms with Crippen molar-refractivity contribution in [3.63, 3.8) is 0 Å². The predicted octanol–water partition coefficient (Wildman–Crippen LogP) is 4.45. The van der Waals surface area contributed by atoms with Gasteiger partial charge in [0.2, 0.25) is 0 Å². The van der Waals surface area contributed by atoms with Crippen molar-refractivity contribution in [3.05, 3.63) is 21.4 Å². The molecule has 1 rings (SSSR count). The van der Waals surface area contributed by atoms with Gasteiger partial charge in [0.05, 0.1) is 0 Å². The van der Waals surface area contributed by atoms with Gasteiger partial charge in [0, 0.05) is 22.3 Å². The normalized spacial score (nSPS) is 14.1. The summed E-state index contributed by atoms with van der Waals surface area (Å²) in [6.07, 6.45) is 1.22. The van der Waals surface area contributed by atoms with E-state index in [1.54, 1.807) is 0 Å². The fourth-order valence-electron chi connectivity index (χ4n) is 1.74. The molecule has 1 aromatic rings. The molecule has 0 saturated heterocycles. The Morgan fingerprint density at radius 3 is 2.44 bits per heavy atom. The standard InChI is InChI=1S/C14H25NS/c1-7-14(5,6)9-15-11(3)13-8-10(2)16-12(13)4/h8,11,15H,7,9H2,1-6H3. The zero-order valence-electron chi connectivity index (χ0n) is 11.5. The van der Waals surface area contributed by atoms with Crippen LogP contribution < -0.4 is 5.32 Å². The topological polar surface area (TPSA) is 12.0 Å². The van der Waals surface area contributed by atoms with Gasteiger partial charge < -0.3 is 5.32 Å². The molecule has 0 aromatic carbocycles. The Morgan fingerprint density at radius 2 is 2.00 bits per heavy atom. The van der Waals surface area contributed by atoms with Gasteiger partial charge in [-0.05, 0) is 44.2 Å². The second-order valence-corrected chi connectivity index (χ2v) is 6.95. The minimum atomic E-state index is 0.396. The lowest BCUT2D eigenvalue weighted by molar-refractivity contribution is 0.314.